The van der Waals surface area contributed by atoms with Gasteiger partial charge in [-0.05, 0) is 288 Å². The highest BCUT2D eigenvalue weighted by atomic mass is 35.5. The zero-order valence-corrected chi connectivity index (χ0v) is 84.8. The highest BCUT2D eigenvalue weighted by molar-refractivity contribution is 6.30. The van der Waals surface area contributed by atoms with Crippen molar-refractivity contribution >= 4 is 82.7 Å². The Kier molecular flexibility index (Phi) is 31.7. The van der Waals surface area contributed by atoms with E-state index in [1.54, 1.807) is 39.3 Å². The van der Waals surface area contributed by atoms with Crippen LogP contribution < -0.4 is 39.3 Å². The average Bonchev–Trinajstić information content (AvgIpc) is 1.56. The van der Waals surface area contributed by atoms with E-state index in [4.69, 9.17) is 55.2 Å². The van der Waals surface area contributed by atoms with Crippen LogP contribution in [-0.2, 0) is 40.6 Å². The summed E-state index contributed by atoms with van der Waals surface area (Å²) in [7, 11) is 6.80. The van der Waals surface area contributed by atoms with Crippen molar-refractivity contribution in [3.05, 3.63) is 226 Å². The summed E-state index contributed by atoms with van der Waals surface area (Å²) in [5, 5.41) is 6.77. The van der Waals surface area contributed by atoms with Crippen LogP contribution in [0.15, 0.2) is 196 Å². The van der Waals surface area contributed by atoms with E-state index in [1.807, 2.05) is 117 Å². The van der Waals surface area contributed by atoms with Crippen molar-refractivity contribution in [2.75, 3.05) is 34.7 Å². The van der Waals surface area contributed by atoms with Crippen molar-refractivity contribution < 1.29 is 42.3 Å². The Labute approximate surface area is 849 Å². The number of carbonyl (C=O) groups is 7. The molecule has 31 heteroatoms. The topological polar surface area (TPSA) is 403 Å². The molecule has 21 rings (SSSR count). The van der Waals surface area contributed by atoms with Gasteiger partial charge < -0.3 is 39.3 Å². The number of aliphatic imine (C=N–C) groups is 5. The van der Waals surface area contributed by atoms with Crippen LogP contribution in [0.25, 0.3) is 33.5 Å². The normalized spacial score (nSPS) is 26.1. The SMILES string of the molecule is CN1C(=O)[C@@](CCC2CCCCC2)(C[C@H]2CCC[C@@H](NC(=O)c3ccc(F)nc3)C2)N=C1N.CN1C(=O)[C@@](CCC2CCCCC2)(C[C@H]2CCC[C@@H](NC(=O)c3ccncc3F)C2)N=C1N.Cc1ccnc(-c2cccc(C3(C4CC4)N=C(N)N(C)C3=O)c2)c1.Cc1cncc(-c2cccc(C3(C4CC4)N=C(N)N(C)C3=O)c2)c1.NC1=NC(c2cccc(-c3cccc(Cl)c3)c2)(C2CC2)C(=O)N1CC1CCCCC1. The van der Waals surface area contributed by atoms with E-state index < -0.39 is 45.4 Å². The number of halogens is 3. The minimum atomic E-state index is -0.868. The first-order valence-corrected chi connectivity index (χ1v) is 52.7. The Morgan fingerprint density at radius 3 is 1.29 bits per heavy atom. The second-order valence-electron chi connectivity index (χ2n) is 42.8. The maximum atomic E-state index is 14.0. The number of rotatable bonds is 25. The summed E-state index contributed by atoms with van der Waals surface area (Å²) < 4.78 is 27.0. The smallest absolute Gasteiger partial charge is 0.262 e. The molecule has 8 aromatic rings. The number of hydrogen-bond donors (Lipinski definition) is 7. The molecule has 8 fully saturated rings. The standard InChI is InChI=1S/C25H28ClN3O.2C25H36FN5O2.2C19H20N4O/c26-22-11-5-9-19(15-22)18-8-4-10-21(14-18)25(20-12-13-20)23(30)29(24(27)28-25)16-17-6-2-1-3-7-17;1-31-23(33)25(30-24(31)27,12-10-17-6-3-2-4-7-17)15-18-8-5-9-19(14-18)29-22(32)20-11-13-28-16-21(20)26;1-31-23(33)25(30-24(31)27,13-12-17-6-3-2-4-7-17)15-18-8-5-9-20(14-18)29-22(32)19-10-11-21(26)28-16-19;1-12-8-14(11-21-10-12)13-4-3-5-16(9-13)19(15-6-7-15)17(24)23(2)18(20)22-19;1-12-8-9-21-16(10-12)13-4-3-5-15(11-13)19(14-6-7-14)17(24)23(2)18(20)22-19/h4-5,8-11,14-15,17,20H,1-3,6-7,12-13,16H2,(H2,27,28);11,13,16-19H,2-10,12,14-15H2,1H3,(H2,27,30)(H,29,32);10-11,16-18,20H,2-9,12-15H2,1H3,(H2,27,30)(H,29,32);3-5,8-11,15H,6-7H2,1-2H3,(H2,20,22);3-5,8-11,14H,6-7H2,1-2H3,(H2,20,22)/t;18-,19+,25+;18-,20+,25+;;/m.00../s1. The van der Waals surface area contributed by atoms with E-state index in [2.05, 4.69) is 64.8 Å². The fraction of sp³-hybridized carbons (Fsp3) is 0.504. The first-order chi connectivity index (χ1) is 69.4. The number of nitrogens with one attached hydrogen (secondary N) is 2. The van der Waals surface area contributed by atoms with E-state index in [9.17, 15) is 42.3 Å². The lowest BCUT2D eigenvalue weighted by atomic mass is 9.74. The molecule has 144 heavy (non-hydrogen) atoms. The zero-order valence-electron chi connectivity index (χ0n) is 84.0. The molecule has 9 heterocycles. The van der Waals surface area contributed by atoms with Gasteiger partial charge in [-0.2, -0.15) is 4.39 Å². The molecule has 0 radical (unpaired) electrons. The summed E-state index contributed by atoms with van der Waals surface area (Å²) in [5.41, 5.74) is 37.8. The molecule has 8 aliphatic carbocycles. The maximum absolute atomic E-state index is 14.0. The molecule has 4 aromatic carbocycles. The zero-order chi connectivity index (χ0) is 101. The van der Waals surface area contributed by atoms with Gasteiger partial charge in [-0.25, -0.2) is 34.3 Å². The van der Waals surface area contributed by atoms with Crippen LogP contribution in [0.5, 0.6) is 0 Å². The van der Waals surface area contributed by atoms with Crippen LogP contribution in [0.3, 0.4) is 0 Å². The molecule has 4 aromatic heterocycles. The van der Waals surface area contributed by atoms with Crippen LogP contribution in [-0.4, -0.2) is 173 Å². The lowest BCUT2D eigenvalue weighted by Gasteiger charge is -2.35. The summed E-state index contributed by atoms with van der Waals surface area (Å²) >= 11 is 6.20. The molecule has 3 unspecified atom stereocenters. The average molecular weight is 1980 g/mol. The van der Waals surface area contributed by atoms with Crippen LogP contribution in [0.4, 0.5) is 8.78 Å². The van der Waals surface area contributed by atoms with Crippen molar-refractivity contribution in [2.45, 2.75) is 278 Å². The van der Waals surface area contributed by atoms with Gasteiger partial charge >= 0.3 is 0 Å². The van der Waals surface area contributed by atoms with Gasteiger partial charge in [0.05, 0.1) is 23.0 Å². The van der Waals surface area contributed by atoms with Crippen molar-refractivity contribution in [1.82, 2.24) is 55.1 Å². The van der Waals surface area contributed by atoms with Crippen molar-refractivity contribution in [3.63, 3.8) is 0 Å². The summed E-state index contributed by atoms with van der Waals surface area (Å²) in [5.74, 6) is 2.87. The Hall–Kier alpha value is -12.7. The number of aromatic nitrogens is 4. The van der Waals surface area contributed by atoms with Gasteiger partial charge in [0.25, 0.3) is 41.4 Å². The van der Waals surface area contributed by atoms with Gasteiger partial charge in [0, 0.05) is 94.0 Å². The van der Waals surface area contributed by atoms with Crippen LogP contribution in [0, 0.1) is 73.0 Å². The predicted molar refractivity (Wildman–Crippen MR) is 558 cm³/mol. The number of nitrogens with two attached hydrogens (primary N) is 5. The molecular weight excluding hydrogens is 1840 g/mol. The third kappa shape index (κ3) is 22.7. The Morgan fingerprint density at radius 1 is 0.396 bits per heavy atom. The Balaban J connectivity index is 0.000000124. The van der Waals surface area contributed by atoms with Crippen LogP contribution in [0.1, 0.15) is 273 Å². The lowest BCUT2D eigenvalue weighted by Crippen LogP contribution is -2.46. The predicted octanol–water partition coefficient (Wildman–Crippen LogP) is 17.8. The molecule has 12 N–H and O–H groups in total. The minimum absolute atomic E-state index is 0.000764. The molecule has 0 bridgehead atoms. The van der Waals surface area contributed by atoms with Gasteiger partial charge in [-0.15, -0.1) is 0 Å². The maximum Gasteiger partial charge on any atom is 0.262 e. The quantitative estimate of drug-likeness (QED) is 0.0261. The third-order valence-electron chi connectivity index (χ3n) is 32.5. The van der Waals surface area contributed by atoms with E-state index in [-0.39, 0.29) is 82.7 Å². The van der Waals surface area contributed by atoms with Crippen molar-refractivity contribution in [2.24, 2.45) is 101 Å². The molecule has 5 aliphatic heterocycles. The van der Waals surface area contributed by atoms with Gasteiger partial charge in [0.2, 0.25) is 5.95 Å². The van der Waals surface area contributed by atoms with Gasteiger partial charge in [-0.1, -0.05) is 187 Å². The molecule has 760 valence electrons. The number of hydrogen-bond acceptors (Lipinski definition) is 21. The summed E-state index contributed by atoms with van der Waals surface area (Å²) in [6.45, 7) is 4.77. The number of guanidine groups is 5. The number of pyridine rings is 4. The highest BCUT2D eigenvalue weighted by Crippen LogP contribution is 2.56. The Morgan fingerprint density at radius 2 is 0.840 bits per heavy atom. The largest absolute Gasteiger partial charge is 0.369 e. The van der Waals surface area contributed by atoms with Crippen LogP contribution >= 0.6 is 11.6 Å². The van der Waals surface area contributed by atoms with Gasteiger partial charge in [0.15, 0.2) is 52.2 Å². The molecule has 13 aliphatic rings. The van der Waals surface area contributed by atoms with E-state index in [0.29, 0.717) is 77.5 Å². The number of carbonyl (C=O) groups excluding carboxylic acids is 7. The Bertz CT molecular complexity index is 6060. The molecule has 7 amide bonds. The first-order valence-electron chi connectivity index (χ1n) is 52.3. The number of likely N-dealkylation sites (N-methyl/N-ethyl adjacent to an activating group) is 4. The van der Waals surface area contributed by atoms with Crippen molar-refractivity contribution in [3.8, 4) is 33.5 Å². The monoisotopic (exact) mass is 1980 g/mol. The molecule has 9 atom stereocenters. The van der Waals surface area contributed by atoms with Crippen LogP contribution in [0.2, 0.25) is 5.02 Å². The molecule has 8 saturated carbocycles. The van der Waals surface area contributed by atoms with Crippen molar-refractivity contribution in [1.29, 1.82) is 0 Å². The number of benzene rings is 4. The van der Waals surface area contributed by atoms with E-state index >= 15 is 0 Å². The number of amides is 7. The molecule has 28 nitrogen and oxygen atoms in total. The van der Waals surface area contributed by atoms with Gasteiger partial charge in [0.1, 0.15) is 11.1 Å². The van der Waals surface area contributed by atoms with Gasteiger partial charge in [-0.3, -0.25) is 73.0 Å². The molecular formula is C113H140ClF2N21O7. The highest BCUT2D eigenvalue weighted by Gasteiger charge is 2.61. The summed E-state index contributed by atoms with van der Waals surface area (Å²) in [4.78, 5) is 139. The summed E-state index contributed by atoms with van der Waals surface area (Å²) in [6.07, 6.45) is 46.2. The summed E-state index contributed by atoms with van der Waals surface area (Å²) in [6, 6.07) is 42.2. The van der Waals surface area contributed by atoms with E-state index in [0.717, 1.165) is 183 Å². The number of aryl methyl sites for hydroxylation is 2. The fourth-order valence-electron chi connectivity index (χ4n) is 24.1. The first kappa shape index (κ1) is 103. The lowest BCUT2D eigenvalue weighted by molar-refractivity contribution is -0.133. The number of nitrogens with zero attached hydrogens (tertiary/aromatic N) is 14. The molecule has 0 spiro atoms. The second-order valence-corrected chi connectivity index (χ2v) is 43.2. The van der Waals surface area contributed by atoms with E-state index in [1.165, 1.54) is 147 Å². The fourth-order valence-corrected chi connectivity index (χ4v) is 24.3. The minimum Gasteiger partial charge on any atom is -0.369 e. The second kappa shape index (κ2) is 44.5. The molecule has 0 saturated heterocycles. The third-order valence-corrected chi connectivity index (χ3v) is 32.7.